The second-order valence-electron chi connectivity index (χ2n) is 4.23. The van der Waals surface area contributed by atoms with Crippen LogP contribution in [0.2, 0.25) is 0 Å². The molecule has 7 heteroatoms. The molecule has 1 aliphatic heterocycles. The van der Waals surface area contributed by atoms with E-state index in [9.17, 15) is 8.42 Å². The summed E-state index contributed by atoms with van der Waals surface area (Å²) in [4.78, 5) is 0.241. The molecule has 0 aromatic heterocycles. The average molecular weight is 335 g/mol. The van der Waals surface area contributed by atoms with Crippen LogP contribution in [0, 0.1) is 0 Å². The number of rotatable bonds is 2. The highest BCUT2D eigenvalue weighted by molar-refractivity contribution is 9.10. The van der Waals surface area contributed by atoms with E-state index in [1.54, 1.807) is 12.1 Å². The first kappa shape index (κ1) is 13.8. The molecule has 1 heterocycles. The quantitative estimate of drug-likeness (QED) is 0.830. The van der Waals surface area contributed by atoms with Gasteiger partial charge < -0.3 is 10.5 Å². The summed E-state index contributed by atoms with van der Waals surface area (Å²) >= 11 is 3.25. The van der Waals surface area contributed by atoms with Crippen molar-refractivity contribution in [2.24, 2.45) is 0 Å². The Hall–Kier alpha value is -0.630. The van der Waals surface area contributed by atoms with Crippen molar-refractivity contribution < 1.29 is 13.2 Å². The van der Waals surface area contributed by atoms with Gasteiger partial charge in [0.05, 0.1) is 18.1 Å². The van der Waals surface area contributed by atoms with Crippen LogP contribution in [0.4, 0.5) is 5.69 Å². The van der Waals surface area contributed by atoms with Crippen molar-refractivity contribution in [3.05, 3.63) is 22.7 Å². The van der Waals surface area contributed by atoms with Crippen LogP contribution in [0.15, 0.2) is 27.6 Å². The number of anilines is 1. The topological polar surface area (TPSA) is 72.6 Å². The van der Waals surface area contributed by atoms with E-state index in [-0.39, 0.29) is 10.9 Å². The second kappa shape index (κ2) is 5.16. The average Bonchev–Trinajstić information content (AvgIpc) is 2.28. The fraction of sp³-hybridized carbons (Fsp3) is 0.455. The van der Waals surface area contributed by atoms with E-state index in [0.29, 0.717) is 29.9 Å². The molecule has 2 rings (SSSR count). The van der Waals surface area contributed by atoms with Crippen molar-refractivity contribution in [3.8, 4) is 0 Å². The smallest absolute Gasteiger partial charge is 0.244 e. The van der Waals surface area contributed by atoms with Gasteiger partial charge in [-0.2, -0.15) is 4.31 Å². The number of sulfonamides is 1. The lowest BCUT2D eigenvalue weighted by Gasteiger charge is -2.32. The Labute approximate surface area is 115 Å². The molecule has 1 aromatic rings. The van der Waals surface area contributed by atoms with Crippen LogP contribution in [0.5, 0.6) is 0 Å². The molecule has 1 saturated heterocycles. The van der Waals surface area contributed by atoms with Gasteiger partial charge >= 0.3 is 0 Å². The summed E-state index contributed by atoms with van der Waals surface area (Å²) in [6, 6.07) is 4.55. The SMILES string of the molecule is C[C@@H]1COCCN1S(=O)(=O)c1ccc(N)cc1Br. The van der Waals surface area contributed by atoms with Crippen molar-refractivity contribution in [3.63, 3.8) is 0 Å². The fourth-order valence-electron chi connectivity index (χ4n) is 1.92. The number of nitrogen functional groups attached to an aromatic ring is 1. The van der Waals surface area contributed by atoms with Crippen LogP contribution in [0.25, 0.3) is 0 Å². The van der Waals surface area contributed by atoms with Crippen LogP contribution < -0.4 is 5.73 Å². The normalized spacial score (nSPS) is 22.0. The Bertz CT molecular complexity index is 547. The molecule has 0 bridgehead atoms. The number of morpholine rings is 1. The molecule has 1 atom stereocenters. The van der Waals surface area contributed by atoms with Gasteiger partial charge in [0.1, 0.15) is 0 Å². The highest BCUT2D eigenvalue weighted by Gasteiger charge is 2.32. The minimum atomic E-state index is -3.51. The van der Waals surface area contributed by atoms with E-state index in [4.69, 9.17) is 10.5 Å². The van der Waals surface area contributed by atoms with Crippen LogP contribution in [0.1, 0.15) is 6.92 Å². The molecule has 0 saturated carbocycles. The van der Waals surface area contributed by atoms with Gasteiger partial charge in [-0.3, -0.25) is 0 Å². The fourth-order valence-corrected chi connectivity index (χ4v) is 4.58. The zero-order valence-corrected chi connectivity index (χ0v) is 12.4. The van der Waals surface area contributed by atoms with E-state index in [0.717, 1.165) is 0 Å². The Morgan fingerprint density at radius 2 is 2.22 bits per heavy atom. The van der Waals surface area contributed by atoms with Gasteiger partial charge in [0.15, 0.2) is 0 Å². The zero-order valence-electron chi connectivity index (χ0n) is 9.97. The third kappa shape index (κ3) is 2.54. The molecule has 1 aromatic carbocycles. The van der Waals surface area contributed by atoms with E-state index in [1.807, 2.05) is 6.92 Å². The Morgan fingerprint density at radius 3 is 2.83 bits per heavy atom. The van der Waals surface area contributed by atoms with Crippen molar-refractivity contribution in [1.29, 1.82) is 0 Å². The predicted molar refractivity (Wildman–Crippen MR) is 72.7 cm³/mol. The van der Waals surface area contributed by atoms with Gasteiger partial charge in [-0.05, 0) is 41.1 Å². The van der Waals surface area contributed by atoms with Gasteiger partial charge in [0.2, 0.25) is 10.0 Å². The number of halogens is 1. The Morgan fingerprint density at radius 1 is 1.50 bits per heavy atom. The van der Waals surface area contributed by atoms with Gasteiger partial charge in [-0.25, -0.2) is 8.42 Å². The van der Waals surface area contributed by atoms with Gasteiger partial charge in [-0.1, -0.05) is 0 Å². The molecule has 0 unspecified atom stereocenters. The molecule has 5 nitrogen and oxygen atoms in total. The number of ether oxygens (including phenoxy) is 1. The second-order valence-corrected chi connectivity index (χ2v) is 6.94. The molecule has 0 amide bonds. The number of hydrogen-bond donors (Lipinski definition) is 1. The lowest BCUT2D eigenvalue weighted by Crippen LogP contribution is -2.47. The lowest BCUT2D eigenvalue weighted by atomic mass is 10.3. The van der Waals surface area contributed by atoms with E-state index < -0.39 is 10.0 Å². The molecular weight excluding hydrogens is 320 g/mol. The number of nitrogens with zero attached hydrogens (tertiary/aromatic N) is 1. The monoisotopic (exact) mass is 334 g/mol. The van der Waals surface area contributed by atoms with Gasteiger partial charge in [0.25, 0.3) is 0 Å². The highest BCUT2D eigenvalue weighted by Crippen LogP contribution is 2.28. The lowest BCUT2D eigenvalue weighted by molar-refractivity contribution is 0.0392. The Kier molecular flexibility index (Phi) is 3.96. The van der Waals surface area contributed by atoms with Crippen molar-refractivity contribution in [2.45, 2.75) is 17.9 Å². The third-order valence-corrected chi connectivity index (χ3v) is 5.84. The molecule has 0 spiro atoms. The summed E-state index contributed by atoms with van der Waals surface area (Å²) in [5.74, 6) is 0. The number of benzene rings is 1. The van der Waals surface area contributed by atoms with Crippen molar-refractivity contribution in [1.82, 2.24) is 4.31 Å². The zero-order chi connectivity index (χ0) is 13.3. The predicted octanol–water partition coefficient (Wildman–Crippen LogP) is 1.44. The molecule has 18 heavy (non-hydrogen) atoms. The van der Waals surface area contributed by atoms with Crippen LogP contribution >= 0.6 is 15.9 Å². The summed E-state index contributed by atoms with van der Waals surface area (Å²) in [7, 11) is -3.51. The van der Waals surface area contributed by atoms with Crippen molar-refractivity contribution in [2.75, 3.05) is 25.5 Å². The highest BCUT2D eigenvalue weighted by atomic mass is 79.9. The molecule has 0 radical (unpaired) electrons. The summed E-state index contributed by atoms with van der Waals surface area (Å²) in [6.07, 6.45) is 0. The molecular formula is C11H15BrN2O3S. The minimum absolute atomic E-state index is 0.159. The maximum atomic E-state index is 12.5. The first-order valence-corrected chi connectivity index (χ1v) is 7.81. The number of hydrogen-bond acceptors (Lipinski definition) is 4. The third-order valence-electron chi connectivity index (χ3n) is 2.85. The van der Waals surface area contributed by atoms with Crippen molar-refractivity contribution >= 4 is 31.6 Å². The largest absolute Gasteiger partial charge is 0.399 e. The maximum Gasteiger partial charge on any atom is 0.244 e. The molecule has 100 valence electrons. The maximum absolute atomic E-state index is 12.5. The molecule has 1 aliphatic rings. The van der Waals surface area contributed by atoms with Crippen LogP contribution in [0.3, 0.4) is 0 Å². The standard InChI is InChI=1S/C11H15BrN2O3S/c1-8-7-17-5-4-14(8)18(15,16)11-3-2-9(13)6-10(11)12/h2-3,6,8H,4-5,7,13H2,1H3/t8-/m1/s1. The molecule has 0 aliphatic carbocycles. The van der Waals surface area contributed by atoms with E-state index in [1.165, 1.54) is 10.4 Å². The first-order chi connectivity index (χ1) is 8.43. The molecule has 1 fully saturated rings. The van der Waals surface area contributed by atoms with E-state index >= 15 is 0 Å². The van der Waals surface area contributed by atoms with Gasteiger partial charge in [-0.15, -0.1) is 0 Å². The summed E-state index contributed by atoms with van der Waals surface area (Å²) < 4.78 is 32.3. The summed E-state index contributed by atoms with van der Waals surface area (Å²) in [5, 5.41) is 0. The van der Waals surface area contributed by atoms with E-state index in [2.05, 4.69) is 15.9 Å². The van der Waals surface area contributed by atoms with Crippen LogP contribution in [-0.2, 0) is 14.8 Å². The summed E-state index contributed by atoms with van der Waals surface area (Å²) in [5.41, 5.74) is 6.14. The number of nitrogens with two attached hydrogens (primary N) is 1. The van der Waals surface area contributed by atoms with Gasteiger partial charge in [0, 0.05) is 22.7 Å². The summed E-state index contributed by atoms with van der Waals surface area (Å²) in [6.45, 7) is 3.06. The van der Waals surface area contributed by atoms with Crippen LogP contribution in [-0.4, -0.2) is 38.5 Å². The molecule has 2 N–H and O–H groups in total. The Balaban J connectivity index is 2.41. The minimum Gasteiger partial charge on any atom is -0.399 e. The first-order valence-electron chi connectivity index (χ1n) is 5.57.